The Morgan fingerprint density at radius 1 is 0.686 bits per heavy atom. The lowest BCUT2D eigenvalue weighted by atomic mass is 9.92. The van der Waals surface area contributed by atoms with Crippen LogP contribution in [0.4, 0.5) is 0 Å². The van der Waals surface area contributed by atoms with Gasteiger partial charge in [0.25, 0.3) is 0 Å². The van der Waals surface area contributed by atoms with Crippen molar-refractivity contribution in [1.29, 1.82) is 0 Å². The van der Waals surface area contributed by atoms with Gasteiger partial charge in [-0.3, -0.25) is 0 Å². The molecule has 0 spiro atoms. The third-order valence-electron chi connectivity index (χ3n) is 8.27. The molecule has 0 bridgehead atoms. The Morgan fingerprint density at radius 2 is 1.43 bits per heavy atom. The van der Waals surface area contributed by atoms with E-state index in [-0.39, 0.29) is 0 Å². The van der Waals surface area contributed by atoms with Crippen molar-refractivity contribution in [2.75, 3.05) is 0 Å². The largest absolute Gasteiger partial charge is 0.307 e. The lowest BCUT2D eigenvalue weighted by Crippen LogP contribution is -2.38. The summed E-state index contributed by atoms with van der Waals surface area (Å²) in [6.45, 7) is 14.3. The van der Waals surface area contributed by atoms with Crippen LogP contribution in [0.5, 0.6) is 0 Å². The molecule has 0 aliphatic carbocycles. The molecule has 7 rings (SSSR count). The molecule has 0 radical (unpaired) electrons. The van der Waals surface area contributed by atoms with Gasteiger partial charge in [0, 0.05) is 16.8 Å². The first-order valence-corrected chi connectivity index (χ1v) is 16.1. The molecule has 0 unspecified atom stereocenters. The molecule has 7 aromatic rings. The molecule has 35 heavy (non-hydrogen) atoms. The maximum Gasteiger partial charge on any atom is 0.224 e. The van der Waals surface area contributed by atoms with E-state index in [4.69, 9.17) is 0 Å². The fourth-order valence-electron chi connectivity index (χ4n) is 6.62. The van der Waals surface area contributed by atoms with E-state index in [2.05, 4.69) is 117 Å². The summed E-state index contributed by atoms with van der Waals surface area (Å²) in [6, 6.07) is 20.9. The summed E-state index contributed by atoms with van der Waals surface area (Å²) in [4.78, 5) is 0. The van der Waals surface area contributed by atoms with Gasteiger partial charge in [-0.1, -0.05) is 73.7 Å². The molecule has 0 N–H and O–H groups in total. The van der Waals surface area contributed by atoms with Crippen molar-refractivity contribution in [1.82, 2.24) is 4.40 Å². The van der Waals surface area contributed by atoms with Crippen LogP contribution in [-0.4, -0.2) is 12.5 Å². The minimum absolute atomic E-state index is 1.31. The lowest BCUT2D eigenvalue weighted by molar-refractivity contribution is -0.643. The number of fused-ring (bicyclic) bond motifs is 7. The second kappa shape index (κ2) is 6.61. The van der Waals surface area contributed by atoms with E-state index in [1.54, 1.807) is 0 Å². The van der Waals surface area contributed by atoms with Crippen LogP contribution in [0.3, 0.4) is 0 Å². The zero-order valence-electron chi connectivity index (χ0n) is 21.7. The number of pyridine rings is 2. The summed E-state index contributed by atoms with van der Waals surface area (Å²) in [5.41, 5.74) is 9.57. The second-order valence-electron chi connectivity index (χ2n) is 11.5. The molecule has 3 heteroatoms. The van der Waals surface area contributed by atoms with Gasteiger partial charge in [-0.05, 0) is 53.2 Å². The van der Waals surface area contributed by atoms with Gasteiger partial charge in [-0.15, -0.1) is 0 Å². The molecule has 0 fully saturated rings. The number of aromatic nitrogens is 2. The fraction of sp³-hybridized carbons (Fsp3) is 0.219. The second-order valence-corrected chi connectivity index (χ2v) is 16.5. The first-order chi connectivity index (χ1) is 16.7. The molecule has 2 nitrogen and oxygen atoms in total. The zero-order chi connectivity index (χ0) is 24.4. The lowest BCUT2D eigenvalue weighted by Gasteiger charge is -2.21. The van der Waals surface area contributed by atoms with Crippen molar-refractivity contribution in [3.05, 3.63) is 77.5 Å². The standard InChI is InChI=1S/C32H31N2Si/c1-18-11-13-22-19(2)27-29(20(3)25(22)17-18)34-30-23(9-8-10-26(30)35(5,6)7)24-14-12-21-15-16-33(4)32(27)28(21)31(24)34/h8-17H,1-7H3/q+1. The van der Waals surface area contributed by atoms with E-state index in [9.17, 15) is 0 Å². The van der Waals surface area contributed by atoms with Crippen LogP contribution in [0.2, 0.25) is 19.6 Å². The Hall–Kier alpha value is -3.43. The van der Waals surface area contributed by atoms with Gasteiger partial charge in [0.05, 0.1) is 35.4 Å². The topological polar surface area (TPSA) is 8.29 Å². The number of nitrogens with zero attached hydrogens (tertiary/aromatic N) is 2. The highest BCUT2D eigenvalue weighted by molar-refractivity contribution is 6.90. The van der Waals surface area contributed by atoms with Gasteiger partial charge in [0.15, 0.2) is 6.20 Å². The van der Waals surface area contributed by atoms with Crippen LogP contribution in [0.15, 0.2) is 60.8 Å². The number of para-hydroxylation sites is 1. The van der Waals surface area contributed by atoms with Crippen LogP contribution in [-0.2, 0) is 7.05 Å². The highest BCUT2D eigenvalue weighted by atomic mass is 28.3. The molecule has 172 valence electrons. The van der Waals surface area contributed by atoms with Crippen LogP contribution in [0.25, 0.3) is 59.8 Å². The molecule has 0 amide bonds. The van der Waals surface area contributed by atoms with Crippen molar-refractivity contribution in [2.24, 2.45) is 7.05 Å². The van der Waals surface area contributed by atoms with Gasteiger partial charge < -0.3 is 4.40 Å². The predicted octanol–water partition coefficient (Wildman–Crippen LogP) is 7.44. The van der Waals surface area contributed by atoms with Crippen molar-refractivity contribution >= 4 is 73.0 Å². The van der Waals surface area contributed by atoms with Gasteiger partial charge in [0.2, 0.25) is 5.52 Å². The summed E-state index contributed by atoms with van der Waals surface area (Å²) in [5, 5.41) is 11.1. The first kappa shape index (κ1) is 20.9. The molecule has 0 aliphatic rings. The average molecular weight is 472 g/mol. The molecular weight excluding hydrogens is 440 g/mol. The quantitative estimate of drug-likeness (QED) is 0.102. The Balaban J connectivity index is 1.98. The number of hydrogen-bond donors (Lipinski definition) is 0. The van der Waals surface area contributed by atoms with Crippen molar-refractivity contribution < 1.29 is 4.57 Å². The third-order valence-corrected chi connectivity index (χ3v) is 10.3. The third kappa shape index (κ3) is 2.52. The monoisotopic (exact) mass is 471 g/mol. The molecule has 0 aliphatic heterocycles. The highest BCUT2D eigenvalue weighted by Gasteiger charge is 2.29. The predicted molar refractivity (Wildman–Crippen MR) is 154 cm³/mol. The van der Waals surface area contributed by atoms with E-state index >= 15 is 0 Å². The number of aryl methyl sites for hydroxylation is 4. The normalized spacial score (nSPS) is 13.0. The van der Waals surface area contributed by atoms with Gasteiger partial charge in [0.1, 0.15) is 7.05 Å². The summed E-state index contributed by atoms with van der Waals surface area (Å²) in [7, 11) is 0.599. The van der Waals surface area contributed by atoms with E-state index < -0.39 is 8.07 Å². The summed E-state index contributed by atoms with van der Waals surface area (Å²) in [5.74, 6) is 0. The molecular formula is C32H31N2Si+. The van der Waals surface area contributed by atoms with E-state index in [1.807, 2.05) is 0 Å². The summed E-state index contributed by atoms with van der Waals surface area (Å²) in [6.07, 6.45) is 2.23. The van der Waals surface area contributed by atoms with Gasteiger partial charge in [-0.25, -0.2) is 4.57 Å². The van der Waals surface area contributed by atoms with Crippen molar-refractivity contribution in [2.45, 2.75) is 40.4 Å². The molecule has 0 atom stereocenters. The summed E-state index contributed by atoms with van der Waals surface area (Å²) >= 11 is 0. The Bertz CT molecular complexity index is 2020. The number of rotatable bonds is 1. The van der Waals surface area contributed by atoms with E-state index in [1.165, 1.54) is 81.6 Å². The van der Waals surface area contributed by atoms with Crippen molar-refractivity contribution in [3.63, 3.8) is 0 Å². The minimum Gasteiger partial charge on any atom is -0.307 e. The highest BCUT2D eigenvalue weighted by Crippen LogP contribution is 2.43. The zero-order valence-corrected chi connectivity index (χ0v) is 22.7. The smallest absolute Gasteiger partial charge is 0.224 e. The SMILES string of the molecule is Cc1ccc2c(C)c3c(c(C)c2c1)n1c2c([Si](C)(C)C)cccc2c2ccc4cc[n+](C)c3c4c21. The van der Waals surface area contributed by atoms with Crippen molar-refractivity contribution in [3.8, 4) is 0 Å². The van der Waals surface area contributed by atoms with Gasteiger partial charge in [-0.2, -0.15) is 0 Å². The minimum atomic E-state index is -1.61. The van der Waals surface area contributed by atoms with Crippen LogP contribution < -0.4 is 9.75 Å². The van der Waals surface area contributed by atoms with Crippen LogP contribution in [0, 0.1) is 20.8 Å². The Kier molecular flexibility index (Phi) is 3.95. The first-order valence-electron chi connectivity index (χ1n) is 12.6. The maximum absolute atomic E-state index is 2.66. The van der Waals surface area contributed by atoms with E-state index in [0.29, 0.717) is 0 Å². The fourth-order valence-corrected chi connectivity index (χ4v) is 8.18. The van der Waals surface area contributed by atoms with E-state index in [0.717, 1.165) is 0 Å². The molecule has 3 heterocycles. The molecule has 4 aromatic carbocycles. The van der Waals surface area contributed by atoms with Crippen LogP contribution >= 0.6 is 0 Å². The average Bonchev–Trinajstić information content (AvgIpc) is 3.16. The number of hydrogen-bond acceptors (Lipinski definition) is 0. The molecule has 0 saturated carbocycles. The molecule has 0 saturated heterocycles. The van der Waals surface area contributed by atoms with Gasteiger partial charge >= 0.3 is 0 Å². The van der Waals surface area contributed by atoms with Crippen LogP contribution in [0.1, 0.15) is 16.7 Å². The Morgan fingerprint density at radius 3 is 2.20 bits per heavy atom. The number of benzene rings is 4. The maximum atomic E-state index is 2.66. The summed E-state index contributed by atoms with van der Waals surface area (Å²) < 4.78 is 5.00. The molecule has 3 aromatic heterocycles. The Labute approximate surface area is 206 Å².